The van der Waals surface area contributed by atoms with Crippen LogP contribution in [0.4, 0.5) is 0 Å². The zero-order valence-electron chi connectivity index (χ0n) is 15.8. The summed E-state index contributed by atoms with van der Waals surface area (Å²) in [6.45, 7) is 0.694. The summed E-state index contributed by atoms with van der Waals surface area (Å²) < 4.78 is 6.03. The summed E-state index contributed by atoms with van der Waals surface area (Å²) in [6.07, 6.45) is 1.69. The highest BCUT2D eigenvalue weighted by Gasteiger charge is 2.15. The molecule has 8 nitrogen and oxygen atoms in total. The van der Waals surface area contributed by atoms with Gasteiger partial charge in [-0.2, -0.15) is 4.99 Å². The van der Waals surface area contributed by atoms with Crippen LogP contribution in [0.1, 0.15) is 16.2 Å². The second-order valence-electron chi connectivity index (χ2n) is 6.39. The molecule has 146 valence electrons. The van der Waals surface area contributed by atoms with Crippen LogP contribution in [0.5, 0.6) is 11.5 Å². The maximum atomic E-state index is 12.3. The zero-order chi connectivity index (χ0) is 20.3. The maximum absolute atomic E-state index is 12.3. The average Bonchev–Trinajstić information content (AvgIpc) is 3.10. The molecule has 0 unspecified atom stereocenters. The number of halogens is 1. The van der Waals surface area contributed by atoms with Crippen LogP contribution in [-0.2, 0) is 6.54 Å². The molecule has 0 atom stereocenters. The molecule has 3 rings (SSSR count). The number of hydrogen-bond acceptors (Lipinski definition) is 4. The highest BCUT2D eigenvalue weighted by atomic mass is 35.5. The van der Waals surface area contributed by atoms with E-state index in [4.69, 9.17) is 22.1 Å². The number of aromatic amines is 1. The van der Waals surface area contributed by atoms with Crippen molar-refractivity contribution < 1.29 is 9.53 Å². The Hall–Kier alpha value is -3.10. The van der Waals surface area contributed by atoms with Crippen LogP contribution in [0.25, 0.3) is 10.9 Å². The molecule has 0 saturated heterocycles. The summed E-state index contributed by atoms with van der Waals surface area (Å²) in [6, 6.07) is 8.73. The van der Waals surface area contributed by atoms with Gasteiger partial charge in [-0.3, -0.25) is 9.78 Å². The number of ether oxygens (including phenoxy) is 1. The highest BCUT2D eigenvalue weighted by molar-refractivity contribution is 6.35. The van der Waals surface area contributed by atoms with E-state index in [0.29, 0.717) is 34.0 Å². The van der Waals surface area contributed by atoms with Crippen molar-refractivity contribution >= 4 is 34.4 Å². The van der Waals surface area contributed by atoms with Crippen molar-refractivity contribution in [3.63, 3.8) is 0 Å². The van der Waals surface area contributed by atoms with Crippen molar-refractivity contribution in [2.24, 2.45) is 10.7 Å². The molecule has 2 aromatic heterocycles. The van der Waals surface area contributed by atoms with Crippen LogP contribution in [0, 0.1) is 0 Å². The van der Waals surface area contributed by atoms with Crippen molar-refractivity contribution in [1.82, 2.24) is 20.2 Å². The Balaban J connectivity index is 1.96. The van der Waals surface area contributed by atoms with Gasteiger partial charge in [0.2, 0.25) is 0 Å². The molecule has 1 amide bonds. The van der Waals surface area contributed by atoms with Crippen molar-refractivity contribution in [2.75, 3.05) is 21.1 Å². The van der Waals surface area contributed by atoms with Gasteiger partial charge >= 0.3 is 0 Å². The third-order valence-corrected chi connectivity index (χ3v) is 4.23. The smallest absolute Gasteiger partial charge is 0.296 e. The van der Waals surface area contributed by atoms with Crippen molar-refractivity contribution in [3.8, 4) is 11.5 Å². The van der Waals surface area contributed by atoms with Crippen LogP contribution >= 0.6 is 11.6 Å². The number of aromatic nitrogens is 2. The fourth-order valence-corrected chi connectivity index (χ4v) is 2.85. The van der Waals surface area contributed by atoms with Gasteiger partial charge in [-0.05, 0) is 38.4 Å². The third-order valence-electron chi connectivity index (χ3n) is 3.91. The van der Waals surface area contributed by atoms with Crippen LogP contribution in [0.15, 0.2) is 41.5 Å². The first-order valence-corrected chi connectivity index (χ1v) is 8.90. The lowest BCUT2D eigenvalue weighted by atomic mass is 10.2. The van der Waals surface area contributed by atoms with Gasteiger partial charge in [0.15, 0.2) is 11.7 Å². The molecule has 4 N–H and O–H groups in total. The molecular weight excluding hydrogens is 380 g/mol. The van der Waals surface area contributed by atoms with E-state index in [1.54, 1.807) is 37.5 Å². The second kappa shape index (κ2) is 8.28. The van der Waals surface area contributed by atoms with Gasteiger partial charge < -0.3 is 25.7 Å². The summed E-state index contributed by atoms with van der Waals surface area (Å²) in [4.78, 5) is 25.4. The number of carbonyl (C=O) groups excluding carboxylic acids is 1. The summed E-state index contributed by atoms with van der Waals surface area (Å²) in [5, 5.41) is 3.75. The van der Waals surface area contributed by atoms with E-state index < -0.39 is 5.91 Å². The first-order chi connectivity index (χ1) is 13.4. The molecule has 3 aromatic rings. The van der Waals surface area contributed by atoms with Gasteiger partial charge in [0.1, 0.15) is 11.4 Å². The number of hydrogen-bond donors (Lipinski definition) is 3. The van der Waals surface area contributed by atoms with Gasteiger partial charge in [0.25, 0.3) is 5.91 Å². The first-order valence-electron chi connectivity index (χ1n) is 8.52. The zero-order valence-corrected chi connectivity index (χ0v) is 16.5. The Morgan fingerprint density at radius 3 is 2.86 bits per heavy atom. The SMILES string of the molecule is CNC(N)=NC(=O)c1cc2c(Cl)ccc(Oc3ccnc(CN(C)C)c3)c2[nH]1. The van der Waals surface area contributed by atoms with E-state index in [1.807, 2.05) is 25.1 Å². The number of fused-ring (bicyclic) bond motifs is 1. The van der Waals surface area contributed by atoms with Crippen LogP contribution in [-0.4, -0.2) is 47.9 Å². The van der Waals surface area contributed by atoms with E-state index >= 15 is 0 Å². The summed E-state index contributed by atoms with van der Waals surface area (Å²) in [5.41, 5.74) is 7.30. The molecule has 2 heterocycles. The molecule has 1 aromatic carbocycles. The van der Waals surface area contributed by atoms with Crippen LogP contribution in [0.2, 0.25) is 5.02 Å². The minimum absolute atomic E-state index is 0.0245. The highest BCUT2D eigenvalue weighted by Crippen LogP contribution is 2.34. The number of pyridine rings is 1. The number of H-pyrrole nitrogens is 1. The second-order valence-corrected chi connectivity index (χ2v) is 6.80. The first kappa shape index (κ1) is 19.7. The number of guanidine groups is 1. The third kappa shape index (κ3) is 4.41. The lowest BCUT2D eigenvalue weighted by molar-refractivity contribution is 0.0998. The number of nitrogens with one attached hydrogen (secondary N) is 2. The molecule has 0 aliphatic carbocycles. The minimum atomic E-state index is -0.512. The molecule has 28 heavy (non-hydrogen) atoms. The molecule has 0 bridgehead atoms. The molecule has 0 radical (unpaired) electrons. The fourth-order valence-electron chi connectivity index (χ4n) is 2.64. The van der Waals surface area contributed by atoms with Crippen molar-refractivity contribution in [2.45, 2.75) is 6.54 Å². The van der Waals surface area contributed by atoms with Gasteiger partial charge in [0, 0.05) is 31.2 Å². The number of rotatable bonds is 5. The number of nitrogens with two attached hydrogens (primary N) is 1. The van der Waals surface area contributed by atoms with E-state index in [9.17, 15) is 4.79 Å². The molecule has 0 spiro atoms. The Morgan fingerprint density at radius 1 is 1.36 bits per heavy atom. The molecule has 9 heteroatoms. The minimum Gasteiger partial charge on any atom is -0.455 e. The van der Waals surface area contributed by atoms with E-state index in [2.05, 4.69) is 20.3 Å². The van der Waals surface area contributed by atoms with Crippen LogP contribution < -0.4 is 15.8 Å². The Labute approximate surface area is 167 Å². The van der Waals surface area contributed by atoms with Gasteiger partial charge in [-0.1, -0.05) is 11.6 Å². The standard InChI is InChI=1S/C19H21ClN6O2/c1-22-19(21)25-18(27)15-9-13-14(20)4-5-16(17(13)24-15)28-12-6-7-23-11(8-12)10-26(2)3/h4-9,24H,10H2,1-3H3,(H3,21,22,25,27). The summed E-state index contributed by atoms with van der Waals surface area (Å²) >= 11 is 6.29. The monoisotopic (exact) mass is 400 g/mol. The lowest BCUT2D eigenvalue weighted by Crippen LogP contribution is -2.28. The molecule has 0 fully saturated rings. The Bertz CT molecular complexity index is 1040. The predicted octanol–water partition coefficient (Wildman–Crippen LogP) is 2.74. The van der Waals surface area contributed by atoms with E-state index in [-0.39, 0.29) is 11.7 Å². The molecule has 0 saturated carbocycles. The largest absolute Gasteiger partial charge is 0.455 e. The molecule has 0 aliphatic rings. The molecular formula is C19H21ClN6O2. The number of benzene rings is 1. The average molecular weight is 401 g/mol. The van der Waals surface area contributed by atoms with Gasteiger partial charge in [-0.25, -0.2) is 0 Å². The van der Waals surface area contributed by atoms with Crippen molar-refractivity contribution in [3.05, 3.63) is 52.9 Å². The van der Waals surface area contributed by atoms with Crippen LogP contribution in [0.3, 0.4) is 0 Å². The Morgan fingerprint density at radius 2 is 2.14 bits per heavy atom. The van der Waals surface area contributed by atoms with Gasteiger partial charge in [0.05, 0.1) is 16.2 Å². The molecule has 0 aliphatic heterocycles. The number of aliphatic imine (C=N–C) groups is 1. The number of carbonyl (C=O) groups is 1. The number of nitrogens with zero attached hydrogens (tertiary/aromatic N) is 3. The normalized spacial score (nSPS) is 11.8. The maximum Gasteiger partial charge on any atom is 0.296 e. The number of amides is 1. The predicted molar refractivity (Wildman–Crippen MR) is 110 cm³/mol. The van der Waals surface area contributed by atoms with E-state index in [0.717, 1.165) is 5.69 Å². The topological polar surface area (TPSA) is 109 Å². The lowest BCUT2D eigenvalue weighted by Gasteiger charge is -2.11. The quantitative estimate of drug-likeness (QED) is 0.449. The van der Waals surface area contributed by atoms with Gasteiger partial charge in [-0.15, -0.1) is 0 Å². The Kier molecular flexibility index (Phi) is 5.81. The fraction of sp³-hybridized carbons (Fsp3) is 0.211. The summed E-state index contributed by atoms with van der Waals surface area (Å²) in [5.74, 6) is 0.681. The van der Waals surface area contributed by atoms with Crippen molar-refractivity contribution in [1.29, 1.82) is 0 Å². The summed E-state index contributed by atoms with van der Waals surface area (Å²) in [7, 11) is 5.52. The van der Waals surface area contributed by atoms with E-state index in [1.165, 1.54) is 0 Å².